The maximum Gasteiger partial charge on any atom is 0.303 e. The van der Waals surface area contributed by atoms with E-state index in [-0.39, 0.29) is 18.0 Å². The Morgan fingerprint density at radius 3 is 2.55 bits per heavy atom. The predicted octanol–water partition coefficient (Wildman–Crippen LogP) is 6.03. The highest BCUT2D eigenvalue weighted by atomic mass is 19.1. The molecule has 3 rings (SSSR count). The third kappa shape index (κ3) is 6.77. The van der Waals surface area contributed by atoms with Crippen molar-refractivity contribution in [3.8, 4) is 22.6 Å². The molecule has 1 N–H and O–H groups in total. The van der Waals surface area contributed by atoms with E-state index < -0.39 is 5.97 Å². The van der Waals surface area contributed by atoms with E-state index in [1.54, 1.807) is 54.6 Å². The molecule has 33 heavy (non-hydrogen) atoms. The largest absolute Gasteiger partial charge is 0.493 e. The van der Waals surface area contributed by atoms with Crippen molar-refractivity contribution in [1.82, 2.24) is 0 Å². The molecule has 3 aromatic rings. The van der Waals surface area contributed by atoms with Crippen LogP contribution < -0.4 is 9.47 Å². The van der Waals surface area contributed by atoms with Gasteiger partial charge in [0.2, 0.25) is 0 Å². The first-order valence-electron chi connectivity index (χ1n) is 10.6. The van der Waals surface area contributed by atoms with Gasteiger partial charge in [0.15, 0.2) is 17.3 Å². The number of aliphatic carboxylic acids is 1. The second-order valence-corrected chi connectivity index (χ2v) is 7.36. The number of hydrogen-bond acceptors (Lipinski definition) is 4. The van der Waals surface area contributed by atoms with E-state index in [0.29, 0.717) is 47.6 Å². The van der Waals surface area contributed by atoms with Crippen LogP contribution in [0.4, 0.5) is 4.39 Å². The first-order valence-corrected chi connectivity index (χ1v) is 10.6. The molecule has 0 fully saturated rings. The van der Waals surface area contributed by atoms with Crippen LogP contribution in [0.3, 0.4) is 0 Å². The number of carbonyl (C=O) groups excluding carboxylic acids is 1. The number of hydrogen-bond donors (Lipinski definition) is 1. The van der Waals surface area contributed by atoms with Gasteiger partial charge in [-0.1, -0.05) is 48.5 Å². The number of ether oxygens (including phenoxy) is 2. The topological polar surface area (TPSA) is 72.8 Å². The van der Waals surface area contributed by atoms with Crippen molar-refractivity contribution >= 4 is 17.8 Å². The Morgan fingerprint density at radius 1 is 0.970 bits per heavy atom. The molecule has 0 atom stereocenters. The summed E-state index contributed by atoms with van der Waals surface area (Å²) in [7, 11) is 1.54. The highest BCUT2D eigenvalue weighted by molar-refractivity contribution is 6.11. The van der Waals surface area contributed by atoms with Gasteiger partial charge in [0.1, 0.15) is 5.82 Å². The normalized spacial score (nSPS) is 10.8. The Hall–Kier alpha value is -3.93. The lowest BCUT2D eigenvalue weighted by Gasteiger charge is -2.11. The van der Waals surface area contributed by atoms with Crippen LogP contribution in [0, 0.1) is 5.82 Å². The molecule has 0 aliphatic heterocycles. The highest BCUT2D eigenvalue weighted by Gasteiger charge is 2.11. The van der Waals surface area contributed by atoms with Gasteiger partial charge >= 0.3 is 5.97 Å². The number of unbranched alkanes of at least 4 members (excludes halogenated alkanes) is 1. The van der Waals surface area contributed by atoms with Gasteiger partial charge in [-0.15, -0.1) is 0 Å². The van der Waals surface area contributed by atoms with Gasteiger partial charge in [0.25, 0.3) is 0 Å². The molecule has 0 unspecified atom stereocenters. The summed E-state index contributed by atoms with van der Waals surface area (Å²) in [4.78, 5) is 23.5. The maximum absolute atomic E-state index is 13.7. The molecule has 3 aromatic carbocycles. The lowest BCUT2D eigenvalue weighted by Crippen LogP contribution is -2.02. The molecule has 5 nitrogen and oxygen atoms in total. The molecule has 0 bridgehead atoms. The molecule has 0 aliphatic rings. The fraction of sp³-hybridized carbons (Fsp3) is 0.185. The smallest absolute Gasteiger partial charge is 0.303 e. The summed E-state index contributed by atoms with van der Waals surface area (Å²) in [5.41, 5.74) is 2.51. The number of allylic oxidation sites excluding steroid dienone is 1. The van der Waals surface area contributed by atoms with Crippen molar-refractivity contribution in [3.63, 3.8) is 0 Å². The maximum atomic E-state index is 13.7. The highest BCUT2D eigenvalue weighted by Crippen LogP contribution is 2.29. The zero-order valence-electron chi connectivity index (χ0n) is 18.3. The number of halogens is 1. The third-order valence-corrected chi connectivity index (χ3v) is 4.99. The molecule has 0 aromatic heterocycles. The zero-order valence-corrected chi connectivity index (χ0v) is 18.3. The van der Waals surface area contributed by atoms with Crippen LogP contribution in [-0.2, 0) is 4.79 Å². The number of carboxylic acid groups (broad SMARTS) is 1. The number of carbonyl (C=O) groups is 2. The van der Waals surface area contributed by atoms with E-state index in [4.69, 9.17) is 14.6 Å². The number of carboxylic acids is 1. The molecule has 0 radical (unpaired) electrons. The van der Waals surface area contributed by atoms with Crippen LogP contribution >= 0.6 is 0 Å². The average Bonchev–Trinajstić information content (AvgIpc) is 2.82. The van der Waals surface area contributed by atoms with Crippen LogP contribution in [0.25, 0.3) is 17.2 Å². The minimum absolute atomic E-state index is 0.0997. The van der Waals surface area contributed by atoms with E-state index in [1.807, 2.05) is 6.07 Å². The Balaban J connectivity index is 1.74. The quantitative estimate of drug-likeness (QED) is 0.220. The van der Waals surface area contributed by atoms with Gasteiger partial charge in [0, 0.05) is 12.0 Å². The third-order valence-electron chi connectivity index (χ3n) is 4.99. The molecule has 0 aliphatic carbocycles. The Morgan fingerprint density at radius 2 is 1.79 bits per heavy atom. The lowest BCUT2D eigenvalue weighted by atomic mass is 9.96. The summed E-state index contributed by atoms with van der Waals surface area (Å²) in [5, 5.41) is 8.72. The SMILES string of the molecule is COc1ccc(/C=C/C(=O)c2ccccc2-c2cccc(F)c2)cc1OCCCCC(=O)O. The van der Waals surface area contributed by atoms with E-state index in [2.05, 4.69) is 0 Å². The standard InChI is InChI=1S/C27H25FO5/c1-32-25-15-13-19(17-26(25)33-16-5-4-11-27(30)31)12-14-24(29)23-10-3-2-9-22(23)20-7-6-8-21(28)18-20/h2-3,6-10,12-15,17-18H,4-5,11,16H2,1H3,(H,30,31)/b14-12+. The van der Waals surface area contributed by atoms with E-state index in [0.717, 1.165) is 5.56 Å². The van der Waals surface area contributed by atoms with E-state index in [9.17, 15) is 14.0 Å². The van der Waals surface area contributed by atoms with Gasteiger partial charge in [0.05, 0.1) is 13.7 Å². The van der Waals surface area contributed by atoms with Crippen LogP contribution in [0.5, 0.6) is 11.5 Å². The van der Waals surface area contributed by atoms with Crippen LogP contribution in [0.1, 0.15) is 35.2 Å². The molecule has 0 saturated heterocycles. The Bertz CT molecular complexity index is 1150. The fourth-order valence-corrected chi connectivity index (χ4v) is 3.34. The number of rotatable bonds is 11. The molecule has 0 saturated carbocycles. The Kier molecular flexibility index (Phi) is 8.36. The summed E-state index contributed by atoms with van der Waals surface area (Å²) in [6.07, 6.45) is 4.38. The second-order valence-electron chi connectivity index (χ2n) is 7.36. The van der Waals surface area contributed by atoms with Crippen LogP contribution in [0.15, 0.2) is 72.8 Å². The number of benzene rings is 3. The van der Waals surface area contributed by atoms with E-state index >= 15 is 0 Å². The molecule has 6 heteroatoms. The van der Waals surface area contributed by atoms with Crippen molar-refractivity contribution in [2.45, 2.75) is 19.3 Å². The van der Waals surface area contributed by atoms with Crippen molar-refractivity contribution in [2.24, 2.45) is 0 Å². The van der Waals surface area contributed by atoms with Crippen molar-refractivity contribution in [1.29, 1.82) is 0 Å². The minimum Gasteiger partial charge on any atom is -0.493 e. The lowest BCUT2D eigenvalue weighted by molar-refractivity contribution is -0.137. The molecular weight excluding hydrogens is 423 g/mol. The van der Waals surface area contributed by atoms with Crippen molar-refractivity contribution in [3.05, 3.63) is 89.8 Å². The number of methoxy groups -OCH3 is 1. The van der Waals surface area contributed by atoms with Gasteiger partial charge in [-0.2, -0.15) is 0 Å². The van der Waals surface area contributed by atoms with Gasteiger partial charge in [-0.3, -0.25) is 9.59 Å². The van der Waals surface area contributed by atoms with Gasteiger partial charge < -0.3 is 14.6 Å². The summed E-state index contributed by atoms with van der Waals surface area (Å²) < 4.78 is 24.8. The van der Waals surface area contributed by atoms with E-state index in [1.165, 1.54) is 25.3 Å². The molecule has 0 spiro atoms. The summed E-state index contributed by atoms with van der Waals surface area (Å²) in [6.45, 7) is 0.358. The molecular formula is C27H25FO5. The Labute approximate surface area is 192 Å². The first kappa shape index (κ1) is 23.7. The van der Waals surface area contributed by atoms with Crippen molar-refractivity contribution in [2.75, 3.05) is 13.7 Å². The summed E-state index contributed by atoms with van der Waals surface area (Å²) in [6, 6.07) is 18.5. The molecule has 0 amide bonds. The number of ketones is 1. The van der Waals surface area contributed by atoms with Crippen LogP contribution in [0.2, 0.25) is 0 Å². The summed E-state index contributed by atoms with van der Waals surface area (Å²) >= 11 is 0. The van der Waals surface area contributed by atoms with Gasteiger partial charge in [-0.05, 0) is 59.9 Å². The predicted molar refractivity (Wildman–Crippen MR) is 125 cm³/mol. The minimum atomic E-state index is -0.830. The average molecular weight is 448 g/mol. The molecule has 0 heterocycles. The second kappa shape index (κ2) is 11.6. The van der Waals surface area contributed by atoms with Crippen molar-refractivity contribution < 1.29 is 28.6 Å². The van der Waals surface area contributed by atoms with Crippen LogP contribution in [-0.4, -0.2) is 30.6 Å². The summed E-state index contributed by atoms with van der Waals surface area (Å²) in [5.74, 6) is -0.333. The first-order chi connectivity index (χ1) is 16.0. The molecule has 170 valence electrons. The monoisotopic (exact) mass is 448 g/mol. The van der Waals surface area contributed by atoms with Gasteiger partial charge in [-0.25, -0.2) is 4.39 Å². The zero-order chi connectivity index (χ0) is 23.6. The fourth-order valence-electron chi connectivity index (χ4n) is 3.34.